The minimum Gasteiger partial charge on any atom is -0.244 e. The third-order valence-electron chi connectivity index (χ3n) is 1.76. The van der Waals surface area contributed by atoms with Gasteiger partial charge in [0.25, 0.3) is 0 Å². The van der Waals surface area contributed by atoms with Gasteiger partial charge in [-0.05, 0) is 6.07 Å². The van der Waals surface area contributed by atoms with Crippen molar-refractivity contribution in [1.82, 2.24) is 19.9 Å². The fourth-order valence-electron chi connectivity index (χ4n) is 1.07. The molecule has 0 spiro atoms. The van der Waals surface area contributed by atoms with Gasteiger partial charge in [-0.15, -0.1) is 0 Å². The van der Waals surface area contributed by atoms with E-state index in [1.54, 1.807) is 0 Å². The molecule has 4 nitrogen and oxygen atoms in total. The summed E-state index contributed by atoms with van der Waals surface area (Å²) >= 11 is 0. The summed E-state index contributed by atoms with van der Waals surface area (Å²) in [6, 6.07) is 0.813. The maximum Gasteiger partial charge on any atom is 0.433 e. The lowest BCUT2D eigenvalue weighted by molar-refractivity contribution is -0.141. The minimum absolute atomic E-state index is 0.0459. The van der Waals surface area contributed by atoms with Crippen LogP contribution in [0.3, 0.4) is 0 Å². The molecule has 0 unspecified atom stereocenters. The van der Waals surface area contributed by atoms with Crippen LogP contribution in [0.25, 0.3) is 11.4 Å². The number of nitrogens with zero attached hydrogens (tertiary/aromatic N) is 4. The second-order valence-corrected chi connectivity index (χ2v) is 2.89. The zero-order valence-electron chi connectivity index (χ0n) is 7.81. The predicted octanol–water partition coefficient (Wildman–Crippen LogP) is 1.95. The fourth-order valence-corrected chi connectivity index (χ4v) is 1.07. The highest BCUT2D eigenvalue weighted by atomic mass is 19.4. The molecule has 0 aliphatic carbocycles. The van der Waals surface area contributed by atoms with Gasteiger partial charge in [0.15, 0.2) is 5.82 Å². The molecule has 0 aromatic carbocycles. The number of aromatic nitrogens is 4. The standard InChI is InChI=1S/C9H5F3N4/c10-9(11,12)7-1-2-15-8(16-7)6-3-13-5-14-4-6/h1-5H. The normalized spacial score (nSPS) is 11.4. The van der Waals surface area contributed by atoms with Crippen LogP contribution in [0.5, 0.6) is 0 Å². The fraction of sp³-hybridized carbons (Fsp3) is 0.111. The van der Waals surface area contributed by atoms with E-state index in [1.807, 2.05) is 0 Å². The van der Waals surface area contributed by atoms with Crippen molar-refractivity contribution in [3.63, 3.8) is 0 Å². The van der Waals surface area contributed by atoms with Gasteiger partial charge in [0.2, 0.25) is 0 Å². The van der Waals surface area contributed by atoms with E-state index >= 15 is 0 Å². The zero-order chi connectivity index (χ0) is 11.6. The van der Waals surface area contributed by atoms with Crippen molar-refractivity contribution in [2.45, 2.75) is 6.18 Å². The Morgan fingerprint density at radius 2 is 1.75 bits per heavy atom. The topological polar surface area (TPSA) is 51.6 Å². The molecular weight excluding hydrogens is 221 g/mol. The van der Waals surface area contributed by atoms with Gasteiger partial charge in [0, 0.05) is 18.6 Å². The molecular formula is C9H5F3N4. The first-order chi connectivity index (χ1) is 7.57. The smallest absolute Gasteiger partial charge is 0.244 e. The molecule has 0 bridgehead atoms. The Morgan fingerprint density at radius 3 is 2.38 bits per heavy atom. The van der Waals surface area contributed by atoms with Crippen LogP contribution in [0, 0.1) is 0 Å². The number of halogens is 3. The van der Waals surface area contributed by atoms with E-state index in [0.29, 0.717) is 5.56 Å². The van der Waals surface area contributed by atoms with Crippen LogP contribution in [-0.2, 0) is 6.18 Å². The Bertz CT molecular complexity index is 484. The molecule has 82 valence electrons. The first kappa shape index (κ1) is 10.5. The molecule has 2 heterocycles. The van der Waals surface area contributed by atoms with E-state index in [2.05, 4.69) is 19.9 Å². The van der Waals surface area contributed by atoms with Gasteiger partial charge in [-0.3, -0.25) is 0 Å². The molecule has 0 aliphatic rings. The zero-order valence-corrected chi connectivity index (χ0v) is 7.81. The number of rotatable bonds is 1. The minimum atomic E-state index is -4.48. The van der Waals surface area contributed by atoms with Gasteiger partial charge in [-0.1, -0.05) is 0 Å². The lowest BCUT2D eigenvalue weighted by atomic mass is 10.3. The molecule has 0 radical (unpaired) electrons. The average Bonchev–Trinajstić information content (AvgIpc) is 2.29. The lowest BCUT2D eigenvalue weighted by Crippen LogP contribution is -2.09. The monoisotopic (exact) mass is 226 g/mol. The summed E-state index contributed by atoms with van der Waals surface area (Å²) in [5.41, 5.74) is -0.644. The Labute approximate surface area is 88.2 Å². The third kappa shape index (κ3) is 2.13. The second-order valence-electron chi connectivity index (χ2n) is 2.89. The van der Waals surface area contributed by atoms with Crippen LogP contribution >= 0.6 is 0 Å². The summed E-state index contributed by atoms with van der Waals surface area (Å²) in [4.78, 5) is 14.5. The number of hydrogen-bond donors (Lipinski definition) is 0. The molecule has 0 amide bonds. The molecule has 0 saturated carbocycles. The highest BCUT2D eigenvalue weighted by Crippen LogP contribution is 2.28. The van der Waals surface area contributed by atoms with Crippen molar-refractivity contribution in [2.75, 3.05) is 0 Å². The summed E-state index contributed by atoms with van der Waals surface area (Å²) in [6.45, 7) is 0. The molecule has 2 aromatic heterocycles. The van der Waals surface area contributed by atoms with E-state index in [0.717, 1.165) is 12.3 Å². The van der Waals surface area contributed by atoms with E-state index < -0.39 is 11.9 Å². The highest BCUT2D eigenvalue weighted by Gasteiger charge is 2.32. The van der Waals surface area contributed by atoms with Crippen molar-refractivity contribution < 1.29 is 13.2 Å². The largest absolute Gasteiger partial charge is 0.433 e. The SMILES string of the molecule is FC(F)(F)c1ccnc(-c2cncnc2)n1. The molecule has 2 rings (SSSR count). The molecule has 0 N–H and O–H groups in total. The number of hydrogen-bond acceptors (Lipinski definition) is 4. The van der Waals surface area contributed by atoms with E-state index in [4.69, 9.17) is 0 Å². The van der Waals surface area contributed by atoms with Crippen molar-refractivity contribution >= 4 is 0 Å². The summed E-state index contributed by atoms with van der Waals surface area (Å²) in [5.74, 6) is -0.0459. The average molecular weight is 226 g/mol. The molecule has 2 aromatic rings. The highest BCUT2D eigenvalue weighted by molar-refractivity contribution is 5.51. The van der Waals surface area contributed by atoms with E-state index in [9.17, 15) is 13.2 Å². The third-order valence-corrected chi connectivity index (χ3v) is 1.76. The van der Waals surface area contributed by atoms with Crippen molar-refractivity contribution in [2.24, 2.45) is 0 Å². The van der Waals surface area contributed by atoms with Crippen molar-refractivity contribution in [3.8, 4) is 11.4 Å². The summed E-state index contributed by atoms with van der Waals surface area (Å²) in [7, 11) is 0. The molecule has 16 heavy (non-hydrogen) atoms. The van der Waals surface area contributed by atoms with Crippen LogP contribution < -0.4 is 0 Å². The first-order valence-corrected chi connectivity index (χ1v) is 4.23. The molecule has 0 saturated heterocycles. The lowest BCUT2D eigenvalue weighted by Gasteiger charge is -2.06. The van der Waals surface area contributed by atoms with Crippen LogP contribution in [-0.4, -0.2) is 19.9 Å². The Morgan fingerprint density at radius 1 is 1.06 bits per heavy atom. The predicted molar refractivity (Wildman–Crippen MR) is 48.1 cm³/mol. The van der Waals surface area contributed by atoms with Gasteiger partial charge < -0.3 is 0 Å². The van der Waals surface area contributed by atoms with E-state index in [-0.39, 0.29) is 5.82 Å². The van der Waals surface area contributed by atoms with Gasteiger partial charge in [-0.25, -0.2) is 19.9 Å². The van der Waals surface area contributed by atoms with Crippen LogP contribution in [0.2, 0.25) is 0 Å². The van der Waals surface area contributed by atoms with Gasteiger partial charge >= 0.3 is 6.18 Å². The van der Waals surface area contributed by atoms with Crippen LogP contribution in [0.4, 0.5) is 13.2 Å². The number of alkyl halides is 3. The first-order valence-electron chi connectivity index (χ1n) is 4.23. The van der Waals surface area contributed by atoms with E-state index in [1.165, 1.54) is 18.7 Å². The van der Waals surface area contributed by atoms with Crippen molar-refractivity contribution in [1.29, 1.82) is 0 Å². The Hall–Kier alpha value is -2.05. The second kappa shape index (κ2) is 3.84. The van der Waals surface area contributed by atoms with Crippen molar-refractivity contribution in [3.05, 3.63) is 36.7 Å². The summed E-state index contributed by atoms with van der Waals surface area (Å²) in [5, 5.41) is 0. The molecule has 7 heteroatoms. The van der Waals surface area contributed by atoms with Gasteiger partial charge in [-0.2, -0.15) is 13.2 Å². The van der Waals surface area contributed by atoms with Crippen LogP contribution in [0.1, 0.15) is 5.69 Å². The summed E-state index contributed by atoms with van der Waals surface area (Å²) in [6.07, 6.45) is 0.549. The van der Waals surface area contributed by atoms with Gasteiger partial charge in [0.05, 0.1) is 5.56 Å². The molecule has 0 fully saturated rings. The molecule has 0 aliphatic heterocycles. The maximum atomic E-state index is 12.4. The van der Waals surface area contributed by atoms with Crippen LogP contribution in [0.15, 0.2) is 31.0 Å². The Kier molecular flexibility index (Phi) is 2.51. The van der Waals surface area contributed by atoms with Gasteiger partial charge in [0.1, 0.15) is 12.0 Å². The Balaban J connectivity index is 2.45. The molecule has 0 atom stereocenters. The quantitative estimate of drug-likeness (QED) is 0.745. The summed E-state index contributed by atoms with van der Waals surface area (Å²) < 4.78 is 37.1. The maximum absolute atomic E-state index is 12.4.